The summed E-state index contributed by atoms with van der Waals surface area (Å²) in [6.07, 6.45) is 0. The van der Waals surface area contributed by atoms with Crippen molar-refractivity contribution in [3.05, 3.63) is 0 Å². The summed E-state index contributed by atoms with van der Waals surface area (Å²) in [7, 11) is 0. The zero-order chi connectivity index (χ0) is 0. The van der Waals surface area contributed by atoms with Crippen molar-refractivity contribution in [2.45, 2.75) is 0 Å². The second-order valence-corrected chi connectivity index (χ2v) is 0. The molecule has 0 amide bonds. The van der Waals surface area contributed by atoms with Gasteiger partial charge in [-0.3, -0.25) is 0 Å². The fraction of sp³-hybridized carbons (Fsp3) is 0. The Morgan fingerprint density at radius 2 is 0.750 bits per heavy atom. The zero-order valence-electron chi connectivity index (χ0n) is 8.93. The molecule has 0 unspecified atom stereocenters. The maximum Gasteiger partial charge on any atom is 2.00 e. The minimum atomic E-state index is 0. The van der Waals surface area contributed by atoms with Crippen molar-refractivity contribution in [2.75, 3.05) is 0 Å². The van der Waals surface area contributed by atoms with Crippen LogP contribution < -0.4 is 80.9 Å². The van der Waals surface area contributed by atoms with E-state index in [4.69, 9.17) is 0 Å². The fourth-order valence-corrected chi connectivity index (χ4v) is 0. The van der Waals surface area contributed by atoms with Gasteiger partial charge in [0.15, 0.2) is 0 Å². The summed E-state index contributed by atoms with van der Waals surface area (Å²) in [5.41, 5.74) is 0. The first-order valence-electron chi connectivity index (χ1n) is 0. The van der Waals surface area contributed by atoms with Crippen molar-refractivity contribution in [1.82, 2.24) is 0 Å². The zero-order valence-corrected chi connectivity index (χ0v) is 14.7. The van der Waals surface area contributed by atoms with Crippen molar-refractivity contribution in [3.63, 3.8) is 0 Å². The summed E-state index contributed by atoms with van der Waals surface area (Å²) in [5, 5.41) is 0. The third-order valence-electron chi connectivity index (χ3n) is 0. The Labute approximate surface area is 168 Å². The molecule has 0 heterocycles. The molecule has 0 aromatic carbocycles. The van der Waals surface area contributed by atoms with Gasteiger partial charge in [0.1, 0.15) is 0 Å². The van der Waals surface area contributed by atoms with Crippen LogP contribution in [0.5, 0.6) is 0 Å². The Hall–Kier alpha value is 4.69. The Bertz CT molecular complexity index is 28.3. The molecule has 0 rings (SSSR count). The Kier molecular flexibility index (Phi) is 599. The Morgan fingerprint density at radius 1 is 0.750 bits per heavy atom. The van der Waals surface area contributed by atoms with Gasteiger partial charge in [0, 0.05) is 0 Å². The van der Waals surface area contributed by atoms with E-state index in [9.17, 15) is 0 Å². The van der Waals surface area contributed by atoms with Crippen molar-refractivity contribution in [3.8, 4) is 0 Å². The largest absolute Gasteiger partial charge is 2.00 e. The first-order chi connectivity index (χ1) is 0. The standard InChI is InChI=1S/Ca.3ClH.K.Na.2H2O.4H/h;3*1H;;;2*1H2;;;;/q+2;;;;2*+1;;;4*-1. The smallest absolute Gasteiger partial charge is 1.00 e. The minimum Gasteiger partial charge on any atom is -1.00 e. The van der Waals surface area contributed by atoms with Crippen LogP contribution in [0.15, 0.2) is 0 Å². The molecule has 0 aliphatic carbocycles. The second-order valence-electron chi connectivity index (χ2n) is 0. The first-order valence-corrected chi connectivity index (χ1v) is 0. The van der Waals surface area contributed by atoms with Crippen LogP contribution in [0.2, 0.25) is 0 Å². The molecule has 0 aromatic rings. The minimum absolute atomic E-state index is 0. The molecule has 0 aliphatic heterocycles. The average molecular weight is 252 g/mol. The number of halogens is 3. The summed E-state index contributed by atoms with van der Waals surface area (Å²) in [5.74, 6) is 0. The van der Waals surface area contributed by atoms with Crippen LogP contribution in [0.25, 0.3) is 0 Å². The van der Waals surface area contributed by atoms with Gasteiger partial charge >= 0.3 is 119 Å². The van der Waals surface area contributed by atoms with E-state index in [1.165, 1.54) is 0 Å². The van der Waals surface area contributed by atoms with Gasteiger partial charge in [0.2, 0.25) is 0 Å². The normalized spacial score (nSPS) is 0. The molecule has 0 bridgehead atoms. The van der Waals surface area contributed by atoms with Gasteiger partial charge in [-0.1, -0.05) is 0 Å². The van der Waals surface area contributed by atoms with E-state index in [0.29, 0.717) is 0 Å². The molecule has 8 heavy (non-hydrogen) atoms. The molecule has 48 valence electrons. The van der Waals surface area contributed by atoms with Crippen LogP contribution in [0.1, 0.15) is 5.71 Å². The number of hydrogen-bond acceptors (Lipinski definition) is 0. The summed E-state index contributed by atoms with van der Waals surface area (Å²) in [4.78, 5) is 0. The van der Waals surface area contributed by atoms with Gasteiger partial charge in [0.05, 0.1) is 0 Å². The van der Waals surface area contributed by atoms with Crippen LogP contribution in [0.4, 0.5) is 0 Å². The van der Waals surface area contributed by atoms with E-state index < -0.39 is 0 Å². The molecule has 4 N–H and O–H groups in total. The van der Waals surface area contributed by atoms with Crippen molar-refractivity contribution < 1.29 is 97.6 Å². The molecule has 0 saturated carbocycles. The predicted octanol–water partition coefficient (Wildman–Crippen LogP) is -6.31. The van der Waals surface area contributed by atoms with Gasteiger partial charge in [-0.05, 0) is 0 Å². The van der Waals surface area contributed by atoms with Crippen LogP contribution in [0.3, 0.4) is 0 Å². The summed E-state index contributed by atoms with van der Waals surface area (Å²) >= 11 is 0. The van der Waals surface area contributed by atoms with Crippen LogP contribution >= 0.6 is 37.2 Å². The van der Waals surface area contributed by atoms with Crippen LogP contribution in [0, 0.1) is 0 Å². The summed E-state index contributed by atoms with van der Waals surface area (Å²) in [6, 6.07) is 0. The van der Waals surface area contributed by atoms with Gasteiger partial charge in [0.25, 0.3) is 0 Å². The van der Waals surface area contributed by atoms with E-state index in [0.717, 1.165) is 0 Å². The average Bonchev–Trinajstić information content (AvgIpc) is 0. The van der Waals surface area contributed by atoms with E-state index in [-0.39, 0.29) is 173 Å². The van der Waals surface area contributed by atoms with Gasteiger partial charge in [-0.2, -0.15) is 0 Å². The molecule has 0 fully saturated rings. The van der Waals surface area contributed by atoms with Crippen molar-refractivity contribution in [1.29, 1.82) is 0 Å². The molecule has 0 aliphatic rings. The maximum absolute atomic E-state index is 0. The topological polar surface area (TPSA) is 63.0 Å². The number of hydrogen-bond donors (Lipinski definition) is 0. The van der Waals surface area contributed by atoms with E-state index in [2.05, 4.69) is 0 Å². The van der Waals surface area contributed by atoms with E-state index in [1.54, 1.807) is 0 Å². The molecule has 0 radical (unpaired) electrons. The molecule has 2 nitrogen and oxygen atoms in total. The molecular formula is H11CaCl3KNaO2. The summed E-state index contributed by atoms with van der Waals surface area (Å²) < 4.78 is 0. The molecule has 0 saturated heterocycles. The van der Waals surface area contributed by atoms with Crippen LogP contribution in [-0.2, 0) is 0 Å². The maximum atomic E-state index is 0. The third kappa shape index (κ3) is 45.7. The Morgan fingerprint density at radius 3 is 0.750 bits per heavy atom. The fourth-order valence-electron chi connectivity index (χ4n) is 0. The molecule has 0 aromatic heterocycles. The Balaban J connectivity index is 0. The summed E-state index contributed by atoms with van der Waals surface area (Å²) in [6.45, 7) is 0. The number of rotatable bonds is 0. The first kappa shape index (κ1) is 78.9. The second kappa shape index (κ2) is 60.8. The van der Waals surface area contributed by atoms with Crippen molar-refractivity contribution >= 4 is 75.0 Å². The molecule has 0 atom stereocenters. The quantitative estimate of drug-likeness (QED) is 0.385. The predicted molar refractivity (Wildman–Crippen MR) is 39.2 cm³/mol. The van der Waals surface area contributed by atoms with Gasteiger partial charge in [-0.15, -0.1) is 37.2 Å². The van der Waals surface area contributed by atoms with Gasteiger partial charge < -0.3 is 16.7 Å². The third-order valence-corrected chi connectivity index (χ3v) is 0. The van der Waals surface area contributed by atoms with Crippen LogP contribution in [-0.4, -0.2) is 48.7 Å². The molecule has 8 heteroatoms. The van der Waals surface area contributed by atoms with E-state index in [1.807, 2.05) is 0 Å². The molecule has 0 spiro atoms. The van der Waals surface area contributed by atoms with Crippen molar-refractivity contribution in [2.24, 2.45) is 0 Å². The van der Waals surface area contributed by atoms with Gasteiger partial charge in [-0.25, -0.2) is 0 Å². The SMILES string of the molecule is Cl.Cl.Cl.O.O.[Ca+2].[H-].[H-].[H-].[H-].[K+].[Na+]. The monoisotopic (exact) mass is 250 g/mol. The van der Waals surface area contributed by atoms with E-state index >= 15 is 0 Å². The molecular weight excluding hydrogens is 241 g/mol.